The van der Waals surface area contributed by atoms with E-state index in [1.807, 2.05) is 53.7 Å². The molecule has 0 bridgehead atoms. The minimum absolute atomic E-state index is 0.0330. The van der Waals surface area contributed by atoms with Gasteiger partial charge in [0.1, 0.15) is 11.7 Å². The van der Waals surface area contributed by atoms with Gasteiger partial charge in [0.2, 0.25) is 0 Å². The minimum Gasteiger partial charge on any atom is -0.444 e. The number of alkyl halides is 3. The highest BCUT2D eigenvalue weighted by atomic mass is 19.4. The number of amides is 1. The van der Waals surface area contributed by atoms with Gasteiger partial charge in [-0.2, -0.15) is 18.3 Å². The molecule has 0 N–H and O–H groups in total. The van der Waals surface area contributed by atoms with Gasteiger partial charge in [0.15, 0.2) is 5.65 Å². The molecule has 0 unspecified atom stereocenters. The van der Waals surface area contributed by atoms with E-state index < -0.39 is 23.8 Å². The molecule has 2 aliphatic rings. The molecule has 7 nitrogen and oxygen atoms in total. The molecule has 1 saturated heterocycles. The predicted octanol–water partition coefficient (Wildman–Crippen LogP) is 6.21. The molecule has 1 aliphatic carbocycles. The van der Waals surface area contributed by atoms with Crippen molar-refractivity contribution in [3.05, 3.63) is 29.2 Å². The Morgan fingerprint density at radius 1 is 1.14 bits per heavy atom. The maximum Gasteiger partial charge on any atom is 0.410 e. The zero-order chi connectivity index (χ0) is 26.4. The van der Waals surface area contributed by atoms with Crippen molar-refractivity contribution in [3.63, 3.8) is 0 Å². The van der Waals surface area contributed by atoms with E-state index >= 15 is 0 Å². The first-order valence-electron chi connectivity index (χ1n) is 12.8. The van der Waals surface area contributed by atoms with Crippen molar-refractivity contribution in [2.75, 3.05) is 13.2 Å². The van der Waals surface area contributed by atoms with Crippen molar-refractivity contribution in [2.24, 2.45) is 11.8 Å². The summed E-state index contributed by atoms with van der Waals surface area (Å²) >= 11 is 0. The summed E-state index contributed by atoms with van der Waals surface area (Å²) in [6.45, 7) is 12.2. The van der Waals surface area contributed by atoms with Crippen molar-refractivity contribution in [2.45, 2.75) is 97.1 Å². The lowest BCUT2D eigenvalue weighted by atomic mass is 9.80. The second kappa shape index (κ2) is 9.84. The summed E-state index contributed by atoms with van der Waals surface area (Å²) in [5.41, 5.74) is 2.33. The van der Waals surface area contributed by atoms with Crippen LogP contribution in [0, 0.1) is 18.8 Å². The SMILES string of the molecule is Cc1cc([C@@H]2CN(C(=O)OC(C)(C)C)[C@@H](C(C)C)CO2)n2nc([C@H]3CC[C@H](C(F)(F)F)CC3)cc2n1. The first-order chi connectivity index (χ1) is 16.7. The summed E-state index contributed by atoms with van der Waals surface area (Å²) in [6.07, 6.45) is -3.81. The molecule has 2 fully saturated rings. The number of aromatic nitrogens is 3. The van der Waals surface area contributed by atoms with Crippen LogP contribution in [0.5, 0.6) is 0 Å². The van der Waals surface area contributed by atoms with Gasteiger partial charge in [-0.1, -0.05) is 13.8 Å². The molecule has 3 heterocycles. The molecule has 1 amide bonds. The Kier molecular flexibility index (Phi) is 7.29. The van der Waals surface area contributed by atoms with Crippen LogP contribution < -0.4 is 0 Å². The number of carbonyl (C=O) groups is 1. The topological polar surface area (TPSA) is 69.0 Å². The standard InChI is InChI=1S/C26H37F3N4O3/c1-15(2)21-14-35-22(13-32(21)24(34)36-25(4,5)6)20-11-16(3)30-23-12-19(31-33(20)23)17-7-9-18(10-8-17)26(27,28)29/h11-12,15,17-18,21-22H,7-10,13-14H2,1-6H3/t17-,18-,21-,22+/m1/s1. The monoisotopic (exact) mass is 510 g/mol. The zero-order valence-corrected chi connectivity index (χ0v) is 21.9. The van der Waals surface area contributed by atoms with E-state index in [1.165, 1.54) is 0 Å². The van der Waals surface area contributed by atoms with Crippen LogP contribution in [0.2, 0.25) is 0 Å². The highest BCUT2D eigenvalue weighted by molar-refractivity contribution is 5.69. The Hall–Kier alpha value is -2.36. The minimum atomic E-state index is -4.14. The van der Waals surface area contributed by atoms with E-state index in [1.54, 1.807) is 9.42 Å². The molecule has 0 spiro atoms. The van der Waals surface area contributed by atoms with Crippen molar-refractivity contribution in [1.82, 2.24) is 19.5 Å². The average molecular weight is 511 g/mol. The lowest BCUT2D eigenvalue weighted by molar-refractivity contribution is -0.182. The average Bonchev–Trinajstić information content (AvgIpc) is 3.20. The van der Waals surface area contributed by atoms with Crippen molar-refractivity contribution in [1.29, 1.82) is 0 Å². The fourth-order valence-corrected chi connectivity index (χ4v) is 5.23. The van der Waals surface area contributed by atoms with Crippen LogP contribution in [0.1, 0.15) is 89.4 Å². The fourth-order valence-electron chi connectivity index (χ4n) is 5.23. The lowest BCUT2D eigenvalue weighted by Crippen LogP contribution is -2.53. The number of rotatable bonds is 3. The molecule has 2 aromatic heterocycles. The second-order valence-corrected chi connectivity index (χ2v) is 11.5. The number of ether oxygens (including phenoxy) is 2. The van der Waals surface area contributed by atoms with E-state index in [-0.39, 0.29) is 36.8 Å². The number of carbonyl (C=O) groups excluding carboxylic acids is 1. The van der Waals surface area contributed by atoms with Crippen molar-refractivity contribution < 1.29 is 27.4 Å². The molecule has 36 heavy (non-hydrogen) atoms. The summed E-state index contributed by atoms with van der Waals surface area (Å²) < 4.78 is 53.0. The number of hydrogen-bond acceptors (Lipinski definition) is 5. The summed E-state index contributed by atoms with van der Waals surface area (Å²) in [6, 6.07) is 3.66. The Balaban J connectivity index is 1.60. The zero-order valence-electron chi connectivity index (χ0n) is 21.9. The van der Waals surface area contributed by atoms with Crippen LogP contribution in [-0.2, 0) is 9.47 Å². The molecule has 1 saturated carbocycles. The van der Waals surface area contributed by atoms with Crippen LogP contribution >= 0.6 is 0 Å². The number of halogens is 3. The molecular weight excluding hydrogens is 473 g/mol. The third-order valence-electron chi connectivity index (χ3n) is 7.17. The van der Waals surface area contributed by atoms with Gasteiger partial charge >= 0.3 is 12.3 Å². The number of nitrogens with zero attached hydrogens (tertiary/aromatic N) is 4. The van der Waals surface area contributed by atoms with Crippen LogP contribution in [0.4, 0.5) is 18.0 Å². The van der Waals surface area contributed by atoms with E-state index in [9.17, 15) is 18.0 Å². The summed E-state index contributed by atoms with van der Waals surface area (Å²) in [7, 11) is 0. The summed E-state index contributed by atoms with van der Waals surface area (Å²) in [5, 5.41) is 4.78. The Morgan fingerprint density at radius 2 is 1.81 bits per heavy atom. The van der Waals surface area contributed by atoms with Gasteiger partial charge in [-0.25, -0.2) is 14.3 Å². The first-order valence-corrected chi connectivity index (χ1v) is 12.8. The third kappa shape index (κ3) is 5.79. The largest absolute Gasteiger partial charge is 0.444 e. The van der Waals surface area contributed by atoms with Crippen molar-refractivity contribution >= 4 is 11.7 Å². The van der Waals surface area contributed by atoms with Gasteiger partial charge in [-0.15, -0.1) is 0 Å². The van der Waals surface area contributed by atoms with Crippen LogP contribution in [0.15, 0.2) is 12.1 Å². The molecule has 1 aliphatic heterocycles. The number of hydrogen-bond donors (Lipinski definition) is 0. The maximum absolute atomic E-state index is 13.1. The Bertz CT molecular complexity index is 1080. The normalized spacial score (nSPS) is 26.0. The first kappa shape index (κ1) is 26.7. The van der Waals surface area contributed by atoms with Gasteiger partial charge in [0.05, 0.1) is 36.5 Å². The molecule has 0 aromatic carbocycles. The van der Waals surface area contributed by atoms with E-state index in [4.69, 9.17) is 14.6 Å². The summed E-state index contributed by atoms with van der Waals surface area (Å²) in [5.74, 6) is -1.08. The van der Waals surface area contributed by atoms with Gasteiger partial charge in [-0.05, 0) is 65.4 Å². The number of fused-ring (bicyclic) bond motifs is 1. The van der Waals surface area contributed by atoms with Crippen LogP contribution in [-0.4, -0.2) is 56.6 Å². The fraction of sp³-hybridized carbons (Fsp3) is 0.731. The molecule has 10 heteroatoms. The van der Waals surface area contributed by atoms with Gasteiger partial charge in [0.25, 0.3) is 0 Å². The quantitative estimate of drug-likeness (QED) is 0.491. The van der Waals surface area contributed by atoms with Gasteiger partial charge in [-0.3, -0.25) is 4.90 Å². The lowest BCUT2D eigenvalue weighted by Gasteiger charge is -2.42. The molecule has 2 aromatic rings. The molecule has 4 rings (SSSR count). The maximum atomic E-state index is 13.1. The summed E-state index contributed by atoms with van der Waals surface area (Å²) in [4.78, 5) is 19.4. The smallest absolute Gasteiger partial charge is 0.410 e. The van der Waals surface area contributed by atoms with Crippen molar-refractivity contribution in [3.8, 4) is 0 Å². The predicted molar refractivity (Wildman–Crippen MR) is 129 cm³/mol. The van der Waals surface area contributed by atoms with Crippen LogP contribution in [0.25, 0.3) is 5.65 Å². The molecule has 2 atom stereocenters. The Morgan fingerprint density at radius 3 is 2.39 bits per heavy atom. The molecule has 0 radical (unpaired) electrons. The third-order valence-corrected chi connectivity index (χ3v) is 7.17. The van der Waals surface area contributed by atoms with Crippen LogP contribution in [0.3, 0.4) is 0 Å². The van der Waals surface area contributed by atoms with E-state index in [0.717, 1.165) is 17.1 Å². The second-order valence-electron chi connectivity index (χ2n) is 11.5. The van der Waals surface area contributed by atoms with E-state index in [2.05, 4.69) is 4.98 Å². The highest BCUT2D eigenvalue weighted by Crippen LogP contribution is 2.43. The molecular formula is C26H37F3N4O3. The highest BCUT2D eigenvalue weighted by Gasteiger charge is 2.42. The van der Waals surface area contributed by atoms with Gasteiger partial charge in [0, 0.05) is 17.7 Å². The van der Waals surface area contributed by atoms with Gasteiger partial charge < -0.3 is 9.47 Å². The van der Waals surface area contributed by atoms with E-state index in [0.29, 0.717) is 31.6 Å². The Labute approximate surface area is 210 Å². The number of morpholine rings is 1. The number of aryl methyl sites for hydroxylation is 1. The molecule has 200 valence electrons.